The van der Waals surface area contributed by atoms with Crippen molar-refractivity contribution < 1.29 is 13.2 Å². The van der Waals surface area contributed by atoms with Gasteiger partial charge in [0, 0.05) is 18.5 Å². The van der Waals surface area contributed by atoms with Crippen LogP contribution in [-0.4, -0.2) is 49.7 Å². The van der Waals surface area contributed by atoms with Gasteiger partial charge < -0.3 is 4.74 Å². The molecule has 0 heterocycles. The van der Waals surface area contributed by atoms with Crippen LogP contribution in [0, 0.1) is 0 Å². The SMILES string of the molecule is CC(C)OCCS(=O)(=O)N(CCCl)C(C)C. The predicted octanol–water partition coefficient (Wildman–Crippen LogP) is 1.69. The zero-order chi connectivity index (χ0) is 12.8. The van der Waals surface area contributed by atoms with E-state index in [9.17, 15) is 8.42 Å². The summed E-state index contributed by atoms with van der Waals surface area (Å²) in [5, 5.41) is 0. The molecule has 0 atom stereocenters. The molecule has 4 nitrogen and oxygen atoms in total. The molecule has 0 aromatic heterocycles. The van der Waals surface area contributed by atoms with E-state index in [1.807, 2.05) is 27.7 Å². The summed E-state index contributed by atoms with van der Waals surface area (Å²) >= 11 is 5.59. The number of alkyl halides is 1. The highest BCUT2D eigenvalue weighted by atomic mass is 35.5. The Morgan fingerprint density at radius 2 is 1.81 bits per heavy atom. The minimum absolute atomic E-state index is 0.0141. The van der Waals surface area contributed by atoms with Crippen LogP contribution in [0.15, 0.2) is 0 Å². The molecule has 6 heteroatoms. The van der Waals surface area contributed by atoms with Crippen LogP contribution in [0.2, 0.25) is 0 Å². The van der Waals surface area contributed by atoms with Crippen molar-refractivity contribution in [3.63, 3.8) is 0 Å². The summed E-state index contributed by atoms with van der Waals surface area (Å²) in [5.74, 6) is 0.322. The van der Waals surface area contributed by atoms with Gasteiger partial charge in [-0.3, -0.25) is 0 Å². The van der Waals surface area contributed by atoms with E-state index in [0.717, 1.165) is 0 Å². The Balaban J connectivity index is 4.37. The van der Waals surface area contributed by atoms with Gasteiger partial charge in [-0.2, -0.15) is 4.31 Å². The monoisotopic (exact) mass is 271 g/mol. The van der Waals surface area contributed by atoms with Crippen LogP contribution < -0.4 is 0 Å². The maximum absolute atomic E-state index is 11.9. The van der Waals surface area contributed by atoms with E-state index in [4.69, 9.17) is 16.3 Å². The molecular formula is C10H22ClNO3S. The summed E-state index contributed by atoms with van der Waals surface area (Å²) in [4.78, 5) is 0. The van der Waals surface area contributed by atoms with Crippen molar-refractivity contribution in [3.05, 3.63) is 0 Å². The lowest BCUT2D eigenvalue weighted by molar-refractivity contribution is 0.0906. The number of nitrogens with zero attached hydrogens (tertiary/aromatic N) is 1. The first-order valence-electron chi connectivity index (χ1n) is 5.48. The summed E-state index contributed by atoms with van der Waals surface area (Å²) in [6, 6.07) is -0.0669. The third kappa shape index (κ3) is 6.03. The Morgan fingerprint density at radius 1 is 1.25 bits per heavy atom. The second-order valence-corrected chi connectivity index (χ2v) is 6.55. The topological polar surface area (TPSA) is 46.6 Å². The zero-order valence-electron chi connectivity index (χ0n) is 10.4. The standard InChI is InChI=1S/C10H22ClNO3S/c1-9(2)12(6-5-11)16(13,14)8-7-15-10(3)4/h9-10H,5-8H2,1-4H3. The van der Waals surface area contributed by atoms with Crippen LogP contribution in [-0.2, 0) is 14.8 Å². The minimum Gasteiger partial charge on any atom is -0.378 e. The van der Waals surface area contributed by atoms with E-state index in [1.54, 1.807) is 0 Å². The first-order valence-corrected chi connectivity index (χ1v) is 7.62. The van der Waals surface area contributed by atoms with Crippen LogP contribution in [0.4, 0.5) is 0 Å². The van der Waals surface area contributed by atoms with Gasteiger partial charge in [-0.1, -0.05) is 0 Å². The summed E-state index contributed by atoms with van der Waals surface area (Å²) in [5.41, 5.74) is 0. The zero-order valence-corrected chi connectivity index (χ0v) is 12.0. The van der Waals surface area contributed by atoms with Crippen LogP contribution in [0.25, 0.3) is 0 Å². The minimum atomic E-state index is -3.26. The van der Waals surface area contributed by atoms with Crippen molar-refractivity contribution in [2.75, 3.05) is 24.8 Å². The second kappa shape index (κ2) is 7.48. The first kappa shape index (κ1) is 16.2. The normalized spacial score (nSPS) is 13.0. The molecule has 0 unspecified atom stereocenters. The van der Waals surface area contributed by atoms with Gasteiger partial charge in [0.2, 0.25) is 10.0 Å². The molecule has 0 aliphatic heterocycles. The van der Waals surface area contributed by atoms with E-state index < -0.39 is 10.0 Å². The maximum atomic E-state index is 11.9. The van der Waals surface area contributed by atoms with E-state index in [0.29, 0.717) is 12.4 Å². The molecule has 0 bridgehead atoms. The summed E-state index contributed by atoms with van der Waals surface area (Å²) in [7, 11) is -3.26. The number of sulfonamides is 1. The smallest absolute Gasteiger partial charge is 0.216 e. The molecule has 0 fully saturated rings. The van der Waals surface area contributed by atoms with Gasteiger partial charge >= 0.3 is 0 Å². The van der Waals surface area contributed by atoms with Crippen molar-refractivity contribution in [2.24, 2.45) is 0 Å². The third-order valence-corrected chi connectivity index (χ3v) is 4.20. The number of hydrogen-bond donors (Lipinski definition) is 0. The molecule has 0 aliphatic carbocycles. The summed E-state index contributed by atoms with van der Waals surface area (Å²) < 4.78 is 30.5. The molecule has 0 aromatic carbocycles. The van der Waals surface area contributed by atoms with Gasteiger partial charge in [0.25, 0.3) is 0 Å². The number of halogens is 1. The van der Waals surface area contributed by atoms with Gasteiger partial charge in [-0.25, -0.2) is 8.42 Å². The van der Waals surface area contributed by atoms with Crippen LogP contribution in [0.3, 0.4) is 0 Å². The van der Waals surface area contributed by atoms with Crippen molar-refractivity contribution in [1.82, 2.24) is 4.31 Å². The number of hydrogen-bond acceptors (Lipinski definition) is 3. The molecule has 0 spiro atoms. The Morgan fingerprint density at radius 3 is 2.19 bits per heavy atom. The summed E-state index contributed by atoms with van der Waals surface area (Å²) in [6.07, 6.45) is 0.0516. The quantitative estimate of drug-likeness (QED) is 0.631. The highest BCUT2D eigenvalue weighted by molar-refractivity contribution is 7.89. The molecule has 16 heavy (non-hydrogen) atoms. The molecule has 98 valence electrons. The fraction of sp³-hybridized carbons (Fsp3) is 1.00. The molecule has 0 rings (SSSR count). The molecule has 0 radical (unpaired) electrons. The summed E-state index contributed by atoms with van der Waals surface area (Å²) in [6.45, 7) is 8.02. The number of ether oxygens (including phenoxy) is 1. The van der Waals surface area contributed by atoms with Crippen molar-refractivity contribution in [3.8, 4) is 0 Å². The molecule has 0 N–H and O–H groups in total. The van der Waals surface area contributed by atoms with Gasteiger partial charge in [-0.15, -0.1) is 11.6 Å². The van der Waals surface area contributed by atoms with Crippen molar-refractivity contribution in [1.29, 1.82) is 0 Å². The Bertz CT molecular complexity index is 278. The Labute approximate surface area is 104 Å². The van der Waals surface area contributed by atoms with Crippen molar-refractivity contribution >= 4 is 21.6 Å². The Kier molecular flexibility index (Phi) is 7.55. The highest BCUT2D eigenvalue weighted by Crippen LogP contribution is 2.08. The van der Waals surface area contributed by atoms with E-state index >= 15 is 0 Å². The second-order valence-electron chi connectivity index (χ2n) is 4.13. The van der Waals surface area contributed by atoms with Gasteiger partial charge in [0.05, 0.1) is 18.5 Å². The van der Waals surface area contributed by atoms with Crippen LogP contribution in [0.5, 0.6) is 0 Å². The average Bonchev–Trinajstić information content (AvgIpc) is 2.12. The molecular weight excluding hydrogens is 250 g/mol. The van der Waals surface area contributed by atoms with Crippen LogP contribution >= 0.6 is 11.6 Å². The lowest BCUT2D eigenvalue weighted by Gasteiger charge is -2.25. The molecule has 0 aromatic rings. The number of rotatable bonds is 8. The fourth-order valence-corrected chi connectivity index (χ4v) is 3.14. The molecule has 0 aliphatic rings. The van der Waals surface area contributed by atoms with E-state index in [2.05, 4.69) is 0 Å². The lowest BCUT2D eigenvalue weighted by Crippen LogP contribution is -2.40. The van der Waals surface area contributed by atoms with Crippen LogP contribution in [0.1, 0.15) is 27.7 Å². The highest BCUT2D eigenvalue weighted by Gasteiger charge is 2.23. The maximum Gasteiger partial charge on any atom is 0.216 e. The molecule has 0 saturated carbocycles. The van der Waals surface area contributed by atoms with Gasteiger partial charge in [-0.05, 0) is 27.7 Å². The lowest BCUT2D eigenvalue weighted by atomic mass is 10.4. The first-order chi connectivity index (χ1) is 7.31. The molecule has 0 saturated heterocycles. The average molecular weight is 272 g/mol. The Hall–Kier alpha value is 0.160. The third-order valence-electron chi connectivity index (χ3n) is 2.03. The molecule has 0 amide bonds. The van der Waals surface area contributed by atoms with E-state index in [-0.39, 0.29) is 24.5 Å². The van der Waals surface area contributed by atoms with Crippen molar-refractivity contribution in [2.45, 2.75) is 39.8 Å². The predicted molar refractivity (Wildman–Crippen MR) is 67.4 cm³/mol. The largest absolute Gasteiger partial charge is 0.378 e. The fourth-order valence-electron chi connectivity index (χ4n) is 1.31. The van der Waals surface area contributed by atoms with Gasteiger partial charge in [0.1, 0.15) is 0 Å². The van der Waals surface area contributed by atoms with E-state index in [1.165, 1.54) is 4.31 Å². The van der Waals surface area contributed by atoms with Gasteiger partial charge in [0.15, 0.2) is 0 Å².